The van der Waals surface area contributed by atoms with Crippen LogP contribution < -0.4 is 19.7 Å². The molecule has 2 aromatic heterocycles. The molecule has 0 spiro atoms. The lowest BCUT2D eigenvalue weighted by atomic mass is 9.97. The Hall–Kier alpha value is -3.07. The Bertz CT molecular complexity index is 1000. The fraction of sp³-hybridized carbons (Fsp3) is 0.409. The summed E-state index contributed by atoms with van der Waals surface area (Å²) in [5, 5.41) is 13.4. The maximum Gasteiger partial charge on any atom is 0.225 e. The molecule has 3 aromatic rings. The third-order valence-corrected chi connectivity index (χ3v) is 6.28. The lowest BCUT2D eigenvalue weighted by Crippen LogP contribution is -2.43. The van der Waals surface area contributed by atoms with Gasteiger partial charge in [-0.05, 0) is 49.6 Å². The van der Waals surface area contributed by atoms with Gasteiger partial charge in [0.2, 0.25) is 16.2 Å². The molecule has 1 atom stereocenters. The molecule has 1 aliphatic rings. The highest BCUT2D eigenvalue weighted by molar-refractivity contribution is 7.17. The van der Waals surface area contributed by atoms with Crippen LogP contribution in [0.4, 0.5) is 5.13 Å². The second-order valence-corrected chi connectivity index (χ2v) is 8.31. The number of amides is 1. The quantitative estimate of drug-likeness (QED) is 0.578. The van der Waals surface area contributed by atoms with Crippen LogP contribution in [-0.4, -0.2) is 47.5 Å². The van der Waals surface area contributed by atoms with E-state index in [-0.39, 0.29) is 11.8 Å². The van der Waals surface area contributed by atoms with E-state index in [1.165, 1.54) is 11.3 Å². The van der Waals surface area contributed by atoms with Gasteiger partial charge >= 0.3 is 0 Å². The van der Waals surface area contributed by atoms with Crippen LogP contribution in [0.3, 0.4) is 0 Å². The molecule has 164 valence electrons. The Labute approximate surface area is 185 Å². The van der Waals surface area contributed by atoms with E-state index in [2.05, 4.69) is 20.4 Å². The van der Waals surface area contributed by atoms with Crippen molar-refractivity contribution in [3.05, 3.63) is 48.3 Å². The highest BCUT2D eigenvalue weighted by Gasteiger charge is 2.27. The highest BCUT2D eigenvalue weighted by Crippen LogP contribution is 2.29. The lowest BCUT2D eigenvalue weighted by molar-refractivity contribution is -0.125. The van der Waals surface area contributed by atoms with Crippen molar-refractivity contribution in [1.82, 2.24) is 20.1 Å². The van der Waals surface area contributed by atoms with Gasteiger partial charge in [-0.3, -0.25) is 9.36 Å². The molecular formula is C22H27N5O3S. The maximum absolute atomic E-state index is 12.8. The average molecular weight is 442 g/mol. The number of nitrogens with one attached hydrogen (secondary N) is 1. The lowest BCUT2D eigenvalue weighted by Gasteiger charge is -2.31. The summed E-state index contributed by atoms with van der Waals surface area (Å²) in [7, 11) is 1.62. The number of anilines is 1. The van der Waals surface area contributed by atoms with Gasteiger partial charge in [0.25, 0.3) is 0 Å². The number of nitrogens with zero attached hydrogens (tertiary/aromatic N) is 4. The van der Waals surface area contributed by atoms with Crippen LogP contribution in [-0.2, 0) is 11.3 Å². The van der Waals surface area contributed by atoms with Gasteiger partial charge in [0.1, 0.15) is 0 Å². The van der Waals surface area contributed by atoms with Crippen LogP contribution in [0.2, 0.25) is 0 Å². The predicted molar refractivity (Wildman–Crippen MR) is 120 cm³/mol. The van der Waals surface area contributed by atoms with Crippen molar-refractivity contribution in [3.63, 3.8) is 0 Å². The number of benzene rings is 1. The summed E-state index contributed by atoms with van der Waals surface area (Å²) in [5.74, 6) is 1.37. The Morgan fingerprint density at radius 2 is 2.03 bits per heavy atom. The summed E-state index contributed by atoms with van der Waals surface area (Å²) < 4.78 is 12.9. The van der Waals surface area contributed by atoms with E-state index in [1.807, 2.05) is 54.2 Å². The monoisotopic (exact) mass is 441 g/mol. The second-order valence-electron chi connectivity index (χ2n) is 7.38. The first-order valence-electron chi connectivity index (χ1n) is 10.5. The standard InChI is InChI=1S/C22H27N5O3S/c1-3-30-18-9-8-16(13-19(18)29-2)14-23-20(28)17-7-6-12-27(15-17)22-25-24-21(31-22)26-10-4-5-11-26/h4-5,8-11,13,17H,3,6-7,12,14-15H2,1-2H3,(H,23,28)/t17-/m1/s1. The molecule has 0 unspecified atom stereocenters. The van der Waals surface area contributed by atoms with Crippen molar-refractivity contribution in [2.45, 2.75) is 26.3 Å². The summed E-state index contributed by atoms with van der Waals surface area (Å²) in [4.78, 5) is 15.0. The molecule has 8 nitrogen and oxygen atoms in total. The first-order chi connectivity index (χ1) is 15.2. The molecular weight excluding hydrogens is 414 g/mol. The largest absolute Gasteiger partial charge is 0.493 e. The predicted octanol–water partition coefficient (Wildman–Crippen LogP) is 3.27. The Morgan fingerprint density at radius 1 is 1.23 bits per heavy atom. The van der Waals surface area contributed by atoms with Crippen molar-refractivity contribution in [1.29, 1.82) is 0 Å². The minimum atomic E-state index is -0.0720. The van der Waals surface area contributed by atoms with E-state index in [9.17, 15) is 4.79 Å². The number of carbonyl (C=O) groups excluding carboxylic acids is 1. The summed E-state index contributed by atoms with van der Waals surface area (Å²) in [6.07, 6.45) is 5.73. The molecule has 1 amide bonds. The van der Waals surface area contributed by atoms with E-state index >= 15 is 0 Å². The average Bonchev–Trinajstić information content (AvgIpc) is 3.50. The van der Waals surface area contributed by atoms with Crippen LogP contribution >= 0.6 is 11.3 Å². The van der Waals surface area contributed by atoms with Crippen molar-refractivity contribution in [2.24, 2.45) is 5.92 Å². The summed E-state index contributed by atoms with van der Waals surface area (Å²) >= 11 is 1.54. The minimum Gasteiger partial charge on any atom is -0.493 e. The van der Waals surface area contributed by atoms with Gasteiger partial charge in [-0.1, -0.05) is 17.4 Å². The highest BCUT2D eigenvalue weighted by atomic mass is 32.1. The summed E-state index contributed by atoms with van der Waals surface area (Å²) in [6.45, 7) is 4.50. The molecule has 1 saturated heterocycles. The molecule has 4 rings (SSSR count). The van der Waals surface area contributed by atoms with Gasteiger partial charge in [0, 0.05) is 32.0 Å². The smallest absolute Gasteiger partial charge is 0.225 e. The summed E-state index contributed by atoms with van der Waals surface area (Å²) in [5.41, 5.74) is 0.974. The van der Waals surface area contributed by atoms with Gasteiger partial charge in [-0.2, -0.15) is 0 Å². The first kappa shape index (κ1) is 21.2. The Kier molecular flexibility index (Phi) is 6.71. The van der Waals surface area contributed by atoms with Crippen LogP contribution in [0, 0.1) is 5.92 Å². The fourth-order valence-electron chi connectivity index (χ4n) is 3.70. The molecule has 1 aromatic carbocycles. The van der Waals surface area contributed by atoms with E-state index in [1.54, 1.807) is 7.11 Å². The molecule has 1 fully saturated rings. The van der Waals surface area contributed by atoms with Gasteiger partial charge in [0.15, 0.2) is 11.5 Å². The van der Waals surface area contributed by atoms with E-state index in [0.717, 1.165) is 35.2 Å². The van der Waals surface area contributed by atoms with Crippen LogP contribution in [0.15, 0.2) is 42.7 Å². The zero-order chi connectivity index (χ0) is 21.6. The Balaban J connectivity index is 1.35. The van der Waals surface area contributed by atoms with Gasteiger partial charge in [-0.25, -0.2) is 0 Å². The van der Waals surface area contributed by atoms with Crippen molar-refractivity contribution < 1.29 is 14.3 Å². The number of carbonyl (C=O) groups is 1. The molecule has 31 heavy (non-hydrogen) atoms. The summed E-state index contributed by atoms with van der Waals surface area (Å²) in [6, 6.07) is 9.65. The molecule has 9 heteroatoms. The third kappa shape index (κ3) is 4.99. The van der Waals surface area contributed by atoms with Crippen molar-refractivity contribution in [2.75, 3.05) is 31.7 Å². The number of hydrogen-bond acceptors (Lipinski definition) is 7. The number of ether oxygens (including phenoxy) is 2. The zero-order valence-electron chi connectivity index (χ0n) is 17.8. The van der Waals surface area contributed by atoms with E-state index in [4.69, 9.17) is 9.47 Å². The Morgan fingerprint density at radius 3 is 2.81 bits per heavy atom. The third-order valence-electron chi connectivity index (χ3n) is 5.29. The van der Waals surface area contributed by atoms with Gasteiger partial charge < -0.3 is 19.7 Å². The van der Waals surface area contributed by atoms with Crippen molar-refractivity contribution >= 4 is 22.4 Å². The zero-order valence-corrected chi connectivity index (χ0v) is 18.6. The minimum absolute atomic E-state index is 0.0627. The molecule has 1 aliphatic heterocycles. The van der Waals surface area contributed by atoms with E-state index in [0.29, 0.717) is 31.2 Å². The van der Waals surface area contributed by atoms with Crippen molar-refractivity contribution in [3.8, 4) is 16.6 Å². The maximum atomic E-state index is 12.8. The van der Waals surface area contributed by atoms with Crippen LogP contribution in [0.5, 0.6) is 11.5 Å². The molecule has 0 saturated carbocycles. The normalized spacial score (nSPS) is 16.2. The molecule has 0 radical (unpaired) electrons. The van der Waals surface area contributed by atoms with Gasteiger partial charge in [-0.15, -0.1) is 10.2 Å². The fourth-order valence-corrected chi connectivity index (χ4v) is 4.55. The molecule has 0 aliphatic carbocycles. The second kappa shape index (κ2) is 9.82. The number of methoxy groups -OCH3 is 1. The van der Waals surface area contributed by atoms with Gasteiger partial charge in [0.05, 0.1) is 19.6 Å². The number of aromatic nitrogens is 3. The van der Waals surface area contributed by atoms with E-state index < -0.39 is 0 Å². The molecule has 1 N–H and O–H groups in total. The number of hydrogen-bond donors (Lipinski definition) is 1. The number of rotatable bonds is 8. The topological polar surface area (TPSA) is 81.5 Å². The SMILES string of the molecule is CCOc1ccc(CNC(=O)[C@@H]2CCCN(c3nnc(-n4cccc4)s3)C2)cc1OC. The molecule has 3 heterocycles. The van der Waals surface area contributed by atoms with Crippen LogP contribution in [0.1, 0.15) is 25.3 Å². The number of piperidine rings is 1. The first-order valence-corrected chi connectivity index (χ1v) is 11.3. The molecule has 0 bridgehead atoms. The van der Waals surface area contributed by atoms with Crippen LogP contribution in [0.25, 0.3) is 5.13 Å².